The van der Waals surface area contributed by atoms with Crippen molar-refractivity contribution in [3.63, 3.8) is 0 Å². The Hall–Kier alpha value is -2.29. The zero-order valence-electron chi connectivity index (χ0n) is 10.3. The molecule has 18 heavy (non-hydrogen) atoms. The lowest BCUT2D eigenvalue weighted by molar-refractivity contribution is 0.771. The normalized spacial score (nSPS) is 10.9. The van der Waals surface area contributed by atoms with Crippen molar-refractivity contribution in [1.82, 2.24) is 9.55 Å². The average Bonchev–Trinajstić information content (AvgIpc) is 2.79. The Morgan fingerprint density at radius 2 is 1.89 bits per heavy atom. The maximum Gasteiger partial charge on any atom is 0.131 e. The molecule has 3 heteroatoms. The predicted molar refractivity (Wildman–Crippen MR) is 75.3 cm³/mol. The standard InChI is InChI=1S/C15H15N3/c1-2-18-10-17-14(15(18)16)13-9-5-7-11-6-3-4-8-12(11)13/h3-10H,2,16H2,1H3. The van der Waals surface area contributed by atoms with Gasteiger partial charge in [0.25, 0.3) is 0 Å². The van der Waals surface area contributed by atoms with E-state index in [9.17, 15) is 0 Å². The number of nitrogen functional groups attached to an aromatic ring is 1. The number of fused-ring (bicyclic) bond motifs is 1. The molecule has 0 atom stereocenters. The number of nitrogens with two attached hydrogens (primary N) is 1. The summed E-state index contributed by atoms with van der Waals surface area (Å²) in [7, 11) is 0. The van der Waals surface area contributed by atoms with Crippen molar-refractivity contribution >= 4 is 16.6 Å². The van der Waals surface area contributed by atoms with Crippen molar-refractivity contribution < 1.29 is 0 Å². The molecule has 1 heterocycles. The topological polar surface area (TPSA) is 43.8 Å². The van der Waals surface area contributed by atoms with E-state index in [1.165, 1.54) is 10.8 Å². The Morgan fingerprint density at radius 1 is 1.11 bits per heavy atom. The van der Waals surface area contributed by atoms with Crippen LogP contribution in [0.15, 0.2) is 48.8 Å². The summed E-state index contributed by atoms with van der Waals surface area (Å²) >= 11 is 0. The Balaban J connectivity index is 2.28. The SMILES string of the molecule is CCn1cnc(-c2cccc3ccccc23)c1N. The van der Waals surface area contributed by atoms with Gasteiger partial charge in [0, 0.05) is 12.1 Å². The minimum Gasteiger partial charge on any atom is -0.383 e. The number of imidazole rings is 1. The molecule has 2 aromatic carbocycles. The third kappa shape index (κ3) is 1.56. The zero-order chi connectivity index (χ0) is 12.5. The Kier molecular flexibility index (Phi) is 2.52. The summed E-state index contributed by atoms with van der Waals surface area (Å²) in [6.45, 7) is 2.90. The molecular formula is C15H15N3. The van der Waals surface area contributed by atoms with E-state index in [0.29, 0.717) is 0 Å². The Morgan fingerprint density at radius 3 is 2.67 bits per heavy atom. The van der Waals surface area contributed by atoms with Crippen LogP contribution in [0.3, 0.4) is 0 Å². The van der Waals surface area contributed by atoms with Crippen molar-refractivity contribution in [2.75, 3.05) is 5.73 Å². The molecule has 0 saturated carbocycles. The van der Waals surface area contributed by atoms with Crippen molar-refractivity contribution in [2.24, 2.45) is 0 Å². The van der Waals surface area contributed by atoms with E-state index in [0.717, 1.165) is 23.6 Å². The zero-order valence-corrected chi connectivity index (χ0v) is 10.3. The molecule has 0 aliphatic carbocycles. The molecular weight excluding hydrogens is 222 g/mol. The lowest BCUT2D eigenvalue weighted by Crippen LogP contribution is -1.99. The van der Waals surface area contributed by atoms with E-state index in [2.05, 4.69) is 36.2 Å². The summed E-state index contributed by atoms with van der Waals surface area (Å²) in [6.07, 6.45) is 1.80. The van der Waals surface area contributed by atoms with Gasteiger partial charge in [-0.25, -0.2) is 4.98 Å². The minimum absolute atomic E-state index is 0.730. The number of nitrogens with zero attached hydrogens (tertiary/aromatic N) is 2. The van der Waals surface area contributed by atoms with Gasteiger partial charge in [0.1, 0.15) is 11.5 Å². The van der Waals surface area contributed by atoms with Crippen molar-refractivity contribution in [2.45, 2.75) is 13.5 Å². The highest BCUT2D eigenvalue weighted by Crippen LogP contribution is 2.30. The van der Waals surface area contributed by atoms with Gasteiger partial charge in [-0.1, -0.05) is 42.5 Å². The second-order valence-electron chi connectivity index (χ2n) is 4.29. The molecule has 2 N–H and O–H groups in total. The van der Waals surface area contributed by atoms with Crippen LogP contribution in [0.4, 0.5) is 5.82 Å². The third-order valence-electron chi connectivity index (χ3n) is 3.26. The van der Waals surface area contributed by atoms with E-state index in [1.54, 1.807) is 6.33 Å². The number of rotatable bonds is 2. The summed E-state index contributed by atoms with van der Waals surface area (Å²) in [5, 5.41) is 2.40. The number of aromatic nitrogens is 2. The highest BCUT2D eigenvalue weighted by Gasteiger charge is 2.11. The fourth-order valence-corrected chi connectivity index (χ4v) is 2.28. The molecule has 0 aliphatic heterocycles. The van der Waals surface area contributed by atoms with Gasteiger partial charge in [-0.05, 0) is 17.7 Å². The first-order chi connectivity index (χ1) is 8.81. The summed E-state index contributed by atoms with van der Waals surface area (Å²) in [6, 6.07) is 14.5. The first-order valence-electron chi connectivity index (χ1n) is 6.10. The molecule has 0 radical (unpaired) electrons. The van der Waals surface area contributed by atoms with E-state index in [1.807, 2.05) is 22.8 Å². The molecule has 0 fully saturated rings. The van der Waals surface area contributed by atoms with Crippen molar-refractivity contribution in [3.05, 3.63) is 48.8 Å². The molecule has 0 spiro atoms. The summed E-state index contributed by atoms with van der Waals surface area (Å²) in [4.78, 5) is 4.44. The molecule has 0 aliphatic rings. The molecule has 0 bridgehead atoms. The molecule has 3 nitrogen and oxygen atoms in total. The number of aryl methyl sites for hydroxylation is 1. The molecule has 1 aromatic heterocycles. The van der Waals surface area contributed by atoms with Crippen LogP contribution in [0, 0.1) is 0 Å². The van der Waals surface area contributed by atoms with Crippen LogP contribution in [0.5, 0.6) is 0 Å². The van der Waals surface area contributed by atoms with Gasteiger partial charge in [0.2, 0.25) is 0 Å². The lowest BCUT2D eigenvalue weighted by atomic mass is 10.0. The number of hydrogen-bond donors (Lipinski definition) is 1. The number of anilines is 1. The van der Waals surface area contributed by atoms with Crippen LogP contribution in [0.1, 0.15) is 6.92 Å². The van der Waals surface area contributed by atoms with Gasteiger partial charge in [-0.2, -0.15) is 0 Å². The molecule has 0 unspecified atom stereocenters. The fourth-order valence-electron chi connectivity index (χ4n) is 2.28. The predicted octanol–water partition coefficient (Wildman–Crippen LogP) is 3.31. The van der Waals surface area contributed by atoms with Crippen molar-refractivity contribution in [3.8, 4) is 11.3 Å². The van der Waals surface area contributed by atoms with Gasteiger partial charge in [0.15, 0.2) is 0 Å². The first kappa shape index (κ1) is 10.8. The third-order valence-corrected chi connectivity index (χ3v) is 3.26. The molecule has 90 valence electrons. The molecule has 0 amide bonds. The lowest BCUT2D eigenvalue weighted by Gasteiger charge is -2.06. The minimum atomic E-state index is 0.730. The van der Waals surface area contributed by atoms with Crippen LogP contribution in [0.25, 0.3) is 22.0 Å². The van der Waals surface area contributed by atoms with Crippen LogP contribution in [0.2, 0.25) is 0 Å². The van der Waals surface area contributed by atoms with E-state index < -0.39 is 0 Å². The maximum absolute atomic E-state index is 6.14. The quantitative estimate of drug-likeness (QED) is 0.743. The van der Waals surface area contributed by atoms with Gasteiger partial charge in [-0.3, -0.25) is 0 Å². The second-order valence-corrected chi connectivity index (χ2v) is 4.29. The number of hydrogen-bond acceptors (Lipinski definition) is 2. The maximum atomic E-state index is 6.14. The van der Waals surface area contributed by atoms with Crippen LogP contribution in [-0.2, 0) is 6.54 Å². The van der Waals surface area contributed by atoms with Gasteiger partial charge >= 0.3 is 0 Å². The van der Waals surface area contributed by atoms with Gasteiger partial charge in [0.05, 0.1) is 6.33 Å². The Bertz CT molecular complexity index is 693. The monoisotopic (exact) mass is 237 g/mol. The summed E-state index contributed by atoms with van der Waals surface area (Å²) in [5.41, 5.74) is 8.10. The summed E-state index contributed by atoms with van der Waals surface area (Å²) < 4.78 is 1.96. The molecule has 3 aromatic rings. The van der Waals surface area contributed by atoms with Crippen LogP contribution in [-0.4, -0.2) is 9.55 Å². The largest absolute Gasteiger partial charge is 0.383 e. The highest BCUT2D eigenvalue weighted by atomic mass is 15.1. The van der Waals surface area contributed by atoms with Crippen LogP contribution < -0.4 is 5.73 Å². The van der Waals surface area contributed by atoms with E-state index in [-0.39, 0.29) is 0 Å². The molecule has 3 rings (SSSR count). The first-order valence-corrected chi connectivity index (χ1v) is 6.10. The Labute approximate surface area is 106 Å². The fraction of sp³-hybridized carbons (Fsp3) is 0.133. The smallest absolute Gasteiger partial charge is 0.131 e. The van der Waals surface area contributed by atoms with E-state index in [4.69, 9.17) is 5.73 Å². The highest BCUT2D eigenvalue weighted by molar-refractivity contribution is 5.97. The van der Waals surface area contributed by atoms with Crippen LogP contribution >= 0.6 is 0 Å². The van der Waals surface area contributed by atoms with Gasteiger partial charge in [-0.15, -0.1) is 0 Å². The van der Waals surface area contributed by atoms with Gasteiger partial charge < -0.3 is 10.3 Å². The van der Waals surface area contributed by atoms with E-state index >= 15 is 0 Å². The molecule has 0 saturated heterocycles. The second kappa shape index (κ2) is 4.18. The average molecular weight is 237 g/mol. The van der Waals surface area contributed by atoms with Crippen molar-refractivity contribution in [1.29, 1.82) is 0 Å². The number of benzene rings is 2. The summed E-state index contributed by atoms with van der Waals surface area (Å²) in [5.74, 6) is 0.730.